The molecule has 0 saturated heterocycles. The summed E-state index contributed by atoms with van der Waals surface area (Å²) in [6.45, 7) is 7.73. The number of nitrogens with zero attached hydrogens (tertiary/aromatic N) is 2. The fourth-order valence-corrected chi connectivity index (χ4v) is 4.02. The Bertz CT molecular complexity index is 1320. The molecule has 2 aromatic carbocycles. The first-order chi connectivity index (χ1) is 16.4. The van der Waals surface area contributed by atoms with E-state index >= 15 is 0 Å². The van der Waals surface area contributed by atoms with Gasteiger partial charge in [-0.05, 0) is 56.9 Å². The number of imidazole rings is 1. The number of carbonyl (C=O) groups excluding carboxylic acids is 2. The van der Waals surface area contributed by atoms with E-state index in [1.807, 2.05) is 43.3 Å². The van der Waals surface area contributed by atoms with Crippen LogP contribution in [-0.2, 0) is 11.2 Å². The van der Waals surface area contributed by atoms with Crippen molar-refractivity contribution in [1.82, 2.24) is 14.7 Å². The van der Waals surface area contributed by atoms with Crippen LogP contribution < -0.4 is 5.32 Å². The van der Waals surface area contributed by atoms with E-state index < -0.39 is 0 Å². The molecule has 1 amide bonds. The van der Waals surface area contributed by atoms with Gasteiger partial charge in [-0.3, -0.25) is 9.59 Å². The minimum atomic E-state index is 0.0510. The second-order valence-corrected chi connectivity index (χ2v) is 8.93. The number of rotatable bonds is 8. The number of carbonyl (C=O) groups is 2. The summed E-state index contributed by atoms with van der Waals surface area (Å²) in [4.78, 5) is 29.1. The van der Waals surface area contributed by atoms with Gasteiger partial charge >= 0.3 is 0 Å². The van der Waals surface area contributed by atoms with Gasteiger partial charge in [0, 0.05) is 29.8 Å². The highest BCUT2D eigenvalue weighted by Crippen LogP contribution is 2.29. The quantitative estimate of drug-likeness (QED) is 0.332. The Hall–Kier alpha value is -3.73. The van der Waals surface area contributed by atoms with Crippen LogP contribution in [0.4, 0.5) is 0 Å². The third-order valence-corrected chi connectivity index (χ3v) is 6.28. The van der Waals surface area contributed by atoms with Gasteiger partial charge in [0.2, 0.25) is 5.91 Å². The summed E-state index contributed by atoms with van der Waals surface area (Å²) in [5.41, 5.74) is 7.75. The summed E-state index contributed by atoms with van der Waals surface area (Å²) in [6, 6.07) is 20.2. The molecule has 5 nitrogen and oxygen atoms in total. The molecule has 1 N–H and O–H groups in total. The van der Waals surface area contributed by atoms with E-state index in [1.54, 1.807) is 6.92 Å². The zero-order valence-electron chi connectivity index (χ0n) is 20.3. The number of hydrogen-bond acceptors (Lipinski definition) is 3. The summed E-state index contributed by atoms with van der Waals surface area (Å²) in [6.07, 6.45) is 3.96. The fraction of sp³-hybridized carbons (Fsp3) is 0.276. The lowest BCUT2D eigenvalue weighted by atomic mass is 10.0. The Morgan fingerprint density at radius 2 is 1.59 bits per heavy atom. The summed E-state index contributed by atoms with van der Waals surface area (Å²) >= 11 is 0. The predicted molar refractivity (Wildman–Crippen MR) is 137 cm³/mol. The SMILES string of the molecule is CC[C@H](C)NC(=O)CCc1c(-c2ccc(C)cc2)nc2ccc(-c3ccc(C(C)=O)cc3)cn12. The van der Waals surface area contributed by atoms with E-state index in [1.165, 1.54) is 5.56 Å². The van der Waals surface area contributed by atoms with Gasteiger partial charge in [0.25, 0.3) is 0 Å². The molecule has 1 atom stereocenters. The Labute approximate surface area is 200 Å². The predicted octanol–water partition coefficient (Wildman–Crippen LogP) is 6.03. The number of pyridine rings is 1. The van der Waals surface area contributed by atoms with Crippen LogP contribution in [0.2, 0.25) is 0 Å². The smallest absolute Gasteiger partial charge is 0.220 e. The summed E-state index contributed by atoms with van der Waals surface area (Å²) in [5, 5.41) is 3.06. The molecule has 2 aromatic heterocycles. The first-order valence-corrected chi connectivity index (χ1v) is 11.8. The van der Waals surface area contributed by atoms with Gasteiger partial charge in [-0.25, -0.2) is 4.98 Å². The largest absolute Gasteiger partial charge is 0.354 e. The van der Waals surface area contributed by atoms with Gasteiger partial charge in [-0.15, -0.1) is 0 Å². The second kappa shape index (κ2) is 10.0. The molecule has 5 heteroatoms. The third-order valence-electron chi connectivity index (χ3n) is 6.28. The maximum atomic E-state index is 12.5. The zero-order valence-corrected chi connectivity index (χ0v) is 20.3. The van der Waals surface area contributed by atoms with Crippen LogP contribution in [0, 0.1) is 6.92 Å². The van der Waals surface area contributed by atoms with Crippen LogP contribution in [0.5, 0.6) is 0 Å². The average molecular weight is 454 g/mol. The summed E-state index contributed by atoms with van der Waals surface area (Å²) < 4.78 is 2.10. The monoisotopic (exact) mass is 453 g/mol. The maximum absolute atomic E-state index is 12.5. The van der Waals surface area contributed by atoms with Crippen molar-refractivity contribution in [3.8, 4) is 22.4 Å². The molecule has 0 radical (unpaired) electrons. The van der Waals surface area contributed by atoms with Crippen LogP contribution in [0.15, 0.2) is 66.9 Å². The van der Waals surface area contributed by atoms with Crippen molar-refractivity contribution >= 4 is 17.3 Å². The van der Waals surface area contributed by atoms with E-state index in [-0.39, 0.29) is 17.7 Å². The van der Waals surface area contributed by atoms with Crippen molar-refractivity contribution in [2.75, 3.05) is 0 Å². The summed E-state index contributed by atoms with van der Waals surface area (Å²) in [7, 11) is 0. The molecule has 4 aromatic rings. The molecule has 0 spiro atoms. The first-order valence-electron chi connectivity index (χ1n) is 11.8. The van der Waals surface area contributed by atoms with Gasteiger partial charge in [0.15, 0.2) is 5.78 Å². The molecular formula is C29H31N3O2. The molecule has 4 rings (SSSR count). The normalized spacial score (nSPS) is 12.0. The highest BCUT2D eigenvalue weighted by atomic mass is 16.1. The van der Waals surface area contributed by atoms with Gasteiger partial charge in [-0.1, -0.05) is 61.0 Å². The lowest BCUT2D eigenvalue weighted by Gasteiger charge is -2.12. The Morgan fingerprint density at radius 3 is 2.24 bits per heavy atom. The van der Waals surface area contributed by atoms with Crippen LogP contribution in [0.3, 0.4) is 0 Å². The number of ketones is 1. The molecule has 174 valence electrons. The number of nitrogens with one attached hydrogen (secondary N) is 1. The van der Waals surface area contributed by atoms with Crippen LogP contribution in [0.1, 0.15) is 55.2 Å². The molecule has 0 saturated carbocycles. The number of aromatic nitrogens is 2. The van der Waals surface area contributed by atoms with Crippen LogP contribution in [-0.4, -0.2) is 27.1 Å². The second-order valence-electron chi connectivity index (χ2n) is 8.93. The average Bonchev–Trinajstić information content (AvgIpc) is 3.20. The molecular weight excluding hydrogens is 422 g/mol. The standard InChI is InChI=1S/C29H31N3O2/c1-5-20(3)30-28(34)17-15-26-29(24-8-6-19(2)7-9-24)31-27-16-14-25(18-32(26)27)23-12-10-22(11-13-23)21(4)33/h6-14,16,18,20H,5,15,17H2,1-4H3,(H,30,34)/t20-/m0/s1. The van der Waals surface area contributed by atoms with E-state index in [0.717, 1.165) is 40.1 Å². The van der Waals surface area contributed by atoms with Gasteiger partial charge in [0.05, 0.1) is 11.4 Å². The summed E-state index contributed by atoms with van der Waals surface area (Å²) in [5.74, 6) is 0.104. The molecule has 0 bridgehead atoms. The van der Waals surface area contributed by atoms with Crippen molar-refractivity contribution in [3.05, 3.63) is 83.7 Å². The lowest BCUT2D eigenvalue weighted by Crippen LogP contribution is -2.32. The van der Waals surface area contributed by atoms with Gasteiger partial charge in [0.1, 0.15) is 5.65 Å². The fourth-order valence-electron chi connectivity index (χ4n) is 4.02. The number of amides is 1. The topological polar surface area (TPSA) is 63.5 Å². The molecule has 0 unspecified atom stereocenters. The van der Waals surface area contributed by atoms with E-state index in [4.69, 9.17) is 4.98 Å². The number of fused-ring (bicyclic) bond motifs is 1. The lowest BCUT2D eigenvalue weighted by molar-refractivity contribution is -0.121. The van der Waals surface area contributed by atoms with Gasteiger partial charge < -0.3 is 9.72 Å². The maximum Gasteiger partial charge on any atom is 0.220 e. The highest BCUT2D eigenvalue weighted by molar-refractivity contribution is 5.94. The van der Waals surface area contributed by atoms with Crippen molar-refractivity contribution in [1.29, 1.82) is 0 Å². The first kappa shape index (κ1) is 23.4. The van der Waals surface area contributed by atoms with Crippen molar-refractivity contribution in [2.24, 2.45) is 0 Å². The van der Waals surface area contributed by atoms with Crippen LogP contribution in [0.25, 0.3) is 28.0 Å². The number of hydrogen-bond donors (Lipinski definition) is 1. The molecule has 0 aliphatic carbocycles. The molecule has 34 heavy (non-hydrogen) atoms. The third kappa shape index (κ3) is 5.09. The Morgan fingerprint density at radius 1 is 0.941 bits per heavy atom. The minimum Gasteiger partial charge on any atom is -0.354 e. The number of aryl methyl sites for hydroxylation is 2. The Kier molecular flexibility index (Phi) is 6.92. The number of Topliss-reactive ketones (excluding diaryl/α,β-unsaturated/α-hetero) is 1. The van der Waals surface area contributed by atoms with Crippen LogP contribution >= 0.6 is 0 Å². The van der Waals surface area contributed by atoms with Gasteiger partial charge in [-0.2, -0.15) is 0 Å². The van der Waals surface area contributed by atoms with Crippen molar-refractivity contribution in [2.45, 2.75) is 53.0 Å². The van der Waals surface area contributed by atoms with E-state index in [0.29, 0.717) is 18.4 Å². The molecule has 0 aliphatic heterocycles. The zero-order chi connectivity index (χ0) is 24.2. The van der Waals surface area contributed by atoms with E-state index in [2.05, 4.69) is 54.0 Å². The highest BCUT2D eigenvalue weighted by Gasteiger charge is 2.17. The van der Waals surface area contributed by atoms with E-state index in [9.17, 15) is 9.59 Å². The Balaban J connectivity index is 1.74. The molecule has 2 heterocycles. The minimum absolute atomic E-state index is 0.0510. The number of benzene rings is 2. The molecule has 0 aliphatic rings. The van der Waals surface area contributed by atoms with Crippen molar-refractivity contribution < 1.29 is 9.59 Å². The molecule has 0 fully saturated rings. The van der Waals surface area contributed by atoms with Crippen molar-refractivity contribution in [3.63, 3.8) is 0 Å².